The van der Waals surface area contributed by atoms with Crippen LogP contribution in [0.1, 0.15) is 5.56 Å². The van der Waals surface area contributed by atoms with Crippen molar-refractivity contribution in [3.8, 4) is 5.75 Å². The largest absolute Gasteiger partial charge is 0.508 e. The van der Waals surface area contributed by atoms with Crippen molar-refractivity contribution >= 4 is 0 Å². The molecule has 0 saturated heterocycles. The molecule has 1 aromatic carbocycles. The second-order valence-corrected chi connectivity index (χ2v) is 3.31. The minimum Gasteiger partial charge on any atom is -0.508 e. The molecule has 0 bridgehead atoms. The van der Waals surface area contributed by atoms with Crippen molar-refractivity contribution in [3.63, 3.8) is 0 Å². The summed E-state index contributed by atoms with van der Waals surface area (Å²) in [6, 6.07) is 1.93. The summed E-state index contributed by atoms with van der Waals surface area (Å²) in [5, 5.41) is 17.0. The van der Waals surface area contributed by atoms with Gasteiger partial charge >= 0.3 is 18.0 Å². The standard InChI is InChI=1S/C9H6F6O3/c10-8(11,12)7(18-17,9(13,14)15)5-1-3-6(16)4-2-5/h1-4,16-17H. The summed E-state index contributed by atoms with van der Waals surface area (Å²) in [7, 11) is 0. The van der Waals surface area contributed by atoms with Gasteiger partial charge in [0.05, 0.1) is 0 Å². The van der Waals surface area contributed by atoms with Gasteiger partial charge in [0, 0.05) is 5.56 Å². The lowest BCUT2D eigenvalue weighted by Gasteiger charge is -2.34. The van der Waals surface area contributed by atoms with E-state index in [4.69, 9.17) is 10.4 Å². The van der Waals surface area contributed by atoms with Gasteiger partial charge in [-0.2, -0.15) is 26.3 Å². The van der Waals surface area contributed by atoms with Crippen molar-refractivity contribution in [3.05, 3.63) is 29.8 Å². The maximum atomic E-state index is 12.6. The zero-order valence-corrected chi connectivity index (χ0v) is 8.38. The van der Waals surface area contributed by atoms with Crippen molar-refractivity contribution in [2.24, 2.45) is 0 Å². The van der Waals surface area contributed by atoms with Gasteiger partial charge in [-0.1, -0.05) is 12.1 Å². The Labute approximate surface area is 96.2 Å². The number of rotatable bonds is 2. The van der Waals surface area contributed by atoms with Crippen LogP contribution in [0.25, 0.3) is 0 Å². The Balaban J connectivity index is 3.51. The fourth-order valence-electron chi connectivity index (χ4n) is 1.34. The lowest BCUT2D eigenvalue weighted by atomic mass is 9.92. The van der Waals surface area contributed by atoms with Crippen molar-refractivity contribution in [2.45, 2.75) is 18.0 Å². The first-order valence-electron chi connectivity index (χ1n) is 4.32. The summed E-state index contributed by atoms with van der Waals surface area (Å²) in [5.74, 6) is -0.532. The topological polar surface area (TPSA) is 49.7 Å². The Morgan fingerprint density at radius 3 is 1.50 bits per heavy atom. The Morgan fingerprint density at radius 1 is 0.833 bits per heavy atom. The first kappa shape index (κ1) is 14.6. The zero-order chi connectivity index (χ0) is 14.2. The summed E-state index contributed by atoms with van der Waals surface area (Å²) in [6.07, 6.45) is -11.9. The molecule has 0 amide bonds. The number of phenols is 1. The lowest BCUT2D eigenvalue weighted by Crippen LogP contribution is -2.55. The number of aromatic hydroxyl groups is 1. The maximum absolute atomic E-state index is 12.6. The van der Waals surface area contributed by atoms with Crippen LogP contribution in [-0.2, 0) is 10.5 Å². The molecule has 0 unspecified atom stereocenters. The zero-order valence-electron chi connectivity index (χ0n) is 8.38. The second-order valence-electron chi connectivity index (χ2n) is 3.31. The molecule has 0 heterocycles. The molecule has 3 nitrogen and oxygen atoms in total. The molecule has 0 aliphatic rings. The van der Waals surface area contributed by atoms with Crippen LogP contribution >= 0.6 is 0 Å². The fraction of sp³-hybridized carbons (Fsp3) is 0.333. The predicted octanol–water partition coefficient (Wildman–Crippen LogP) is 3.20. The Bertz CT molecular complexity index is 394. The van der Waals surface area contributed by atoms with E-state index < -0.39 is 29.3 Å². The van der Waals surface area contributed by atoms with Crippen LogP contribution < -0.4 is 0 Å². The van der Waals surface area contributed by atoms with E-state index in [1.807, 2.05) is 0 Å². The molecule has 0 radical (unpaired) electrons. The number of hydrogen-bond acceptors (Lipinski definition) is 3. The van der Waals surface area contributed by atoms with Gasteiger partial charge in [-0.15, -0.1) is 0 Å². The molecule has 1 aromatic rings. The number of halogens is 6. The summed E-state index contributed by atoms with van der Waals surface area (Å²) in [6.45, 7) is 0. The minimum atomic E-state index is -5.93. The van der Waals surface area contributed by atoms with Crippen LogP contribution in [-0.4, -0.2) is 22.7 Å². The smallest absolute Gasteiger partial charge is 0.434 e. The second kappa shape index (κ2) is 4.32. The van der Waals surface area contributed by atoms with Gasteiger partial charge in [0.15, 0.2) is 0 Å². The fourth-order valence-corrected chi connectivity index (χ4v) is 1.34. The number of alkyl halides is 6. The maximum Gasteiger partial charge on any atom is 0.434 e. The van der Waals surface area contributed by atoms with Gasteiger partial charge in [0.2, 0.25) is 0 Å². The van der Waals surface area contributed by atoms with E-state index >= 15 is 0 Å². The number of benzene rings is 1. The van der Waals surface area contributed by atoms with Crippen molar-refractivity contribution in [1.29, 1.82) is 0 Å². The number of hydrogen-bond donors (Lipinski definition) is 2. The molecule has 0 aliphatic heterocycles. The molecule has 102 valence electrons. The highest BCUT2D eigenvalue weighted by molar-refractivity contribution is 5.32. The van der Waals surface area contributed by atoms with Gasteiger partial charge in [-0.3, -0.25) is 5.26 Å². The third kappa shape index (κ3) is 2.10. The Hall–Kier alpha value is -1.48. The molecule has 0 aliphatic carbocycles. The summed E-state index contributed by atoms with van der Waals surface area (Å²) in [4.78, 5) is 2.76. The van der Waals surface area contributed by atoms with Gasteiger partial charge < -0.3 is 5.11 Å². The van der Waals surface area contributed by atoms with Crippen molar-refractivity contribution in [1.82, 2.24) is 0 Å². The van der Waals surface area contributed by atoms with E-state index in [1.54, 1.807) is 0 Å². The van der Waals surface area contributed by atoms with Crippen molar-refractivity contribution in [2.75, 3.05) is 0 Å². The van der Waals surface area contributed by atoms with Gasteiger partial charge in [0.25, 0.3) is 0 Å². The lowest BCUT2D eigenvalue weighted by molar-refractivity contribution is -0.476. The van der Waals surface area contributed by atoms with E-state index in [0.29, 0.717) is 24.3 Å². The quantitative estimate of drug-likeness (QED) is 0.495. The molecule has 0 atom stereocenters. The summed E-state index contributed by atoms with van der Waals surface area (Å²) < 4.78 is 75.5. The summed E-state index contributed by atoms with van der Waals surface area (Å²) >= 11 is 0. The third-order valence-corrected chi connectivity index (χ3v) is 2.21. The van der Waals surface area contributed by atoms with Gasteiger partial charge in [-0.25, -0.2) is 4.89 Å². The molecule has 1 rings (SSSR count). The Morgan fingerprint density at radius 2 is 1.22 bits per heavy atom. The molecule has 2 N–H and O–H groups in total. The van der Waals surface area contributed by atoms with E-state index in [9.17, 15) is 26.3 Å². The first-order valence-corrected chi connectivity index (χ1v) is 4.32. The first-order chi connectivity index (χ1) is 8.06. The van der Waals surface area contributed by atoms with E-state index in [0.717, 1.165) is 0 Å². The molecule has 0 saturated carbocycles. The highest BCUT2D eigenvalue weighted by atomic mass is 19.4. The predicted molar refractivity (Wildman–Crippen MR) is 45.6 cm³/mol. The molecule has 0 aromatic heterocycles. The number of phenolic OH excluding ortho intramolecular Hbond substituents is 1. The SMILES string of the molecule is OOC(c1ccc(O)cc1)(C(F)(F)F)C(F)(F)F. The van der Waals surface area contributed by atoms with Gasteiger partial charge in [0.1, 0.15) is 5.75 Å². The van der Waals surface area contributed by atoms with Crippen LogP contribution in [0.3, 0.4) is 0 Å². The average molecular weight is 276 g/mol. The third-order valence-electron chi connectivity index (χ3n) is 2.21. The monoisotopic (exact) mass is 276 g/mol. The van der Waals surface area contributed by atoms with Crippen LogP contribution in [0.4, 0.5) is 26.3 Å². The van der Waals surface area contributed by atoms with Crippen LogP contribution in [0.2, 0.25) is 0 Å². The van der Waals surface area contributed by atoms with Crippen LogP contribution in [0.5, 0.6) is 5.75 Å². The van der Waals surface area contributed by atoms with Crippen molar-refractivity contribution < 1.29 is 41.6 Å². The summed E-state index contributed by atoms with van der Waals surface area (Å²) in [5.41, 5.74) is -6.25. The molecule has 18 heavy (non-hydrogen) atoms. The van der Waals surface area contributed by atoms with E-state index in [2.05, 4.69) is 4.89 Å². The molecule has 9 heteroatoms. The molecular weight excluding hydrogens is 270 g/mol. The van der Waals surface area contributed by atoms with E-state index in [1.165, 1.54) is 0 Å². The van der Waals surface area contributed by atoms with E-state index in [-0.39, 0.29) is 0 Å². The highest BCUT2D eigenvalue weighted by Crippen LogP contribution is 2.52. The van der Waals surface area contributed by atoms with Crippen LogP contribution in [0, 0.1) is 0 Å². The normalized spacial score (nSPS) is 13.7. The molecule has 0 spiro atoms. The average Bonchev–Trinajstić information content (AvgIpc) is 2.18. The Kier molecular flexibility index (Phi) is 3.50. The highest BCUT2D eigenvalue weighted by Gasteiger charge is 2.74. The molecule has 0 fully saturated rings. The van der Waals surface area contributed by atoms with Gasteiger partial charge in [-0.05, 0) is 12.1 Å². The van der Waals surface area contributed by atoms with Crippen LogP contribution in [0.15, 0.2) is 24.3 Å². The minimum absolute atomic E-state index is 0.354. The molecular formula is C9H6F6O3.